The molecule has 0 aliphatic carbocycles. The number of carboxylic acid groups (broad SMARTS) is 1. The average molecular weight is 535 g/mol. The van der Waals surface area contributed by atoms with Gasteiger partial charge in [-0.1, -0.05) is 17.7 Å². The van der Waals surface area contributed by atoms with Crippen molar-refractivity contribution >= 4 is 51.6 Å². The number of aliphatic hydroxyl groups is 1. The van der Waals surface area contributed by atoms with Crippen LogP contribution in [0.2, 0.25) is 5.02 Å². The fraction of sp³-hybridized carbons (Fsp3) is 0.462. The second-order valence-electron chi connectivity index (χ2n) is 8.97. The second kappa shape index (κ2) is 11.9. The van der Waals surface area contributed by atoms with E-state index in [4.69, 9.17) is 16.3 Å². The van der Waals surface area contributed by atoms with Crippen LogP contribution in [0.4, 0.5) is 0 Å². The maximum Gasteiger partial charge on any atom is 0.308 e. The summed E-state index contributed by atoms with van der Waals surface area (Å²) in [6.07, 6.45) is 2.60. The molecule has 0 amide bonds. The number of hydrogen-bond acceptors (Lipinski definition) is 7. The molecular formula is C26H31ClN2O4S2. The molecule has 188 valence electrons. The van der Waals surface area contributed by atoms with Crippen molar-refractivity contribution in [2.45, 2.75) is 42.5 Å². The molecule has 35 heavy (non-hydrogen) atoms. The first kappa shape index (κ1) is 26.2. The highest BCUT2D eigenvalue weighted by molar-refractivity contribution is 8.01. The lowest BCUT2D eigenvalue weighted by molar-refractivity contribution is -0.149. The molecule has 1 aromatic carbocycles. The van der Waals surface area contributed by atoms with Crippen LogP contribution in [0.1, 0.15) is 37.9 Å². The van der Waals surface area contributed by atoms with Crippen LogP contribution >= 0.6 is 34.7 Å². The summed E-state index contributed by atoms with van der Waals surface area (Å²) in [5.74, 6) is 0.383. The van der Waals surface area contributed by atoms with Crippen LogP contribution in [0.25, 0.3) is 10.9 Å². The average Bonchev–Trinajstić information content (AvgIpc) is 3.36. The van der Waals surface area contributed by atoms with Crippen LogP contribution in [-0.4, -0.2) is 58.1 Å². The number of thioether (sulfide) groups is 1. The van der Waals surface area contributed by atoms with Gasteiger partial charge in [-0.2, -0.15) is 0 Å². The van der Waals surface area contributed by atoms with Gasteiger partial charge in [0.2, 0.25) is 0 Å². The molecule has 0 bridgehead atoms. The molecule has 1 aliphatic rings. The molecular weight excluding hydrogens is 504 g/mol. The highest BCUT2D eigenvalue weighted by Gasteiger charge is 2.40. The van der Waals surface area contributed by atoms with Crippen LogP contribution in [0.5, 0.6) is 5.75 Å². The van der Waals surface area contributed by atoms with E-state index >= 15 is 0 Å². The number of aliphatic hydroxyl groups excluding tert-OH is 1. The Bertz CT molecular complexity index is 1140. The number of ether oxygens (including phenoxy) is 1. The molecule has 9 heteroatoms. The Morgan fingerprint density at radius 2 is 2.23 bits per heavy atom. The maximum atomic E-state index is 12.3. The van der Waals surface area contributed by atoms with Crippen molar-refractivity contribution in [1.29, 1.82) is 0 Å². The number of carboxylic acids is 1. The molecule has 0 spiro atoms. The van der Waals surface area contributed by atoms with Crippen LogP contribution < -0.4 is 4.74 Å². The largest absolute Gasteiger partial charge is 0.497 e. The molecule has 1 fully saturated rings. The van der Waals surface area contributed by atoms with Gasteiger partial charge in [0.05, 0.1) is 33.9 Å². The summed E-state index contributed by atoms with van der Waals surface area (Å²) in [6.45, 7) is 3.76. The Morgan fingerprint density at radius 1 is 1.40 bits per heavy atom. The summed E-state index contributed by atoms with van der Waals surface area (Å²) in [5.41, 5.74) is 1.36. The van der Waals surface area contributed by atoms with E-state index in [1.807, 2.05) is 36.9 Å². The number of carbonyl (C=O) groups is 1. The first-order valence-corrected chi connectivity index (χ1v) is 14.1. The highest BCUT2D eigenvalue weighted by atomic mass is 35.5. The van der Waals surface area contributed by atoms with Gasteiger partial charge in [0.15, 0.2) is 0 Å². The molecule has 0 radical (unpaired) electrons. The number of methoxy groups -OCH3 is 1. The number of likely N-dealkylation sites (tertiary alicyclic amines) is 1. The second-order valence-corrected chi connectivity index (χ2v) is 11.7. The number of thiophene rings is 1. The molecule has 6 nitrogen and oxygen atoms in total. The van der Waals surface area contributed by atoms with Crippen LogP contribution in [-0.2, 0) is 4.79 Å². The van der Waals surface area contributed by atoms with Crippen molar-refractivity contribution in [3.63, 3.8) is 0 Å². The molecule has 1 aliphatic heterocycles. The monoisotopic (exact) mass is 534 g/mol. The molecule has 4 atom stereocenters. The van der Waals surface area contributed by atoms with Gasteiger partial charge in [0, 0.05) is 35.5 Å². The van der Waals surface area contributed by atoms with E-state index in [2.05, 4.69) is 27.4 Å². The molecule has 4 rings (SSSR count). The number of nitrogens with zero attached hydrogens (tertiary/aromatic N) is 2. The number of halogens is 1. The molecule has 1 saturated heterocycles. The standard InChI is InChI=1S/C26H31ClN2O4S2/c1-16-24(26(31)32)17(9-10-29(16)11-13-35-23-4-3-12-34-23)5-8-22(30)25-19-14-18(33-2)6-7-21(19)28-15-20(25)27/h3-4,6-7,12,14-17,22,24,30H,5,8-11,13H2,1-2H3,(H,31,32). The predicted octanol–water partition coefficient (Wildman–Crippen LogP) is 5.98. The Labute approximate surface area is 219 Å². The minimum absolute atomic E-state index is 0.000220. The number of rotatable bonds is 10. The third-order valence-electron chi connectivity index (χ3n) is 7.01. The summed E-state index contributed by atoms with van der Waals surface area (Å²) in [7, 11) is 1.59. The third-order valence-corrected chi connectivity index (χ3v) is 9.42. The number of aliphatic carboxylic acids is 1. The number of hydrogen-bond donors (Lipinski definition) is 2. The van der Waals surface area contributed by atoms with E-state index in [1.54, 1.807) is 24.6 Å². The van der Waals surface area contributed by atoms with Gasteiger partial charge in [-0.3, -0.25) is 14.7 Å². The Balaban J connectivity index is 1.42. The van der Waals surface area contributed by atoms with E-state index < -0.39 is 18.0 Å². The molecule has 3 aromatic rings. The SMILES string of the molecule is COc1ccc2ncc(Cl)c(C(O)CCC3CCN(CCSc4cccs4)C(C)C3C(=O)O)c2c1. The van der Waals surface area contributed by atoms with Crippen molar-refractivity contribution in [1.82, 2.24) is 9.88 Å². The van der Waals surface area contributed by atoms with E-state index in [0.717, 1.165) is 36.2 Å². The zero-order valence-corrected chi connectivity index (χ0v) is 22.3. The fourth-order valence-corrected chi connectivity index (χ4v) is 7.26. The fourth-order valence-electron chi connectivity index (χ4n) is 5.14. The molecule has 0 saturated carbocycles. The van der Waals surface area contributed by atoms with Gasteiger partial charge in [0.1, 0.15) is 5.75 Å². The Morgan fingerprint density at radius 3 is 2.94 bits per heavy atom. The summed E-state index contributed by atoms with van der Waals surface area (Å²) in [5, 5.41) is 24.4. The van der Waals surface area contributed by atoms with Gasteiger partial charge in [-0.05, 0) is 68.3 Å². The van der Waals surface area contributed by atoms with Crippen LogP contribution in [0.3, 0.4) is 0 Å². The van der Waals surface area contributed by atoms with Gasteiger partial charge in [-0.25, -0.2) is 0 Å². The van der Waals surface area contributed by atoms with Crippen molar-refractivity contribution in [2.24, 2.45) is 11.8 Å². The third kappa shape index (κ3) is 6.12. The minimum atomic E-state index is -0.815. The normalized spacial score (nSPS) is 21.8. The molecule has 4 unspecified atom stereocenters. The summed E-state index contributed by atoms with van der Waals surface area (Å²) >= 11 is 10.0. The van der Waals surface area contributed by atoms with Gasteiger partial charge in [0.25, 0.3) is 0 Å². The number of aromatic nitrogens is 1. The Hall–Kier alpha value is -1.84. The van der Waals surface area contributed by atoms with E-state index in [9.17, 15) is 15.0 Å². The van der Waals surface area contributed by atoms with E-state index in [1.165, 1.54) is 4.21 Å². The smallest absolute Gasteiger partial charge is 0.308 e. The maximum absolute atomic E-state index is 12.3. The van der Waals surface area contributed by atoms with Gasteiger partial charge in [-0.15, -0.1) is 23.1 Å². The van der Waals surface area contributed by atoms with Crippen molar-refractivity contribution in [2.75, 3.05) is 26.0 Å². The van der Waals surface area contributed by atoms with E-state index in [-0.39, 0.29) is 12.0 Å². The first-order valence-electron chi connectivity index (χ1n) is 11.8. The van der Waals surface area contributed by atoms with Gasteiger partial charge < -0.3 is 14.9 Å². The lowest BCUT2D eigenvalue weighted by Gasteiger charge is -2.42. The summed E-state index contributed by atoms with van der Waals surface area (Å²) < 4.78 is 6.63. The highest BCUT2D eigenvalue weighted by Crippen LogP contribution is 2.38. The lowest BCUT2D eigenvalue weighted by atomic mass is 9.77. The quantitative estimate of drug-likeness (QED) is 0.310. The van der Waals surface area contributed by atoms with Crippen molar-refractivity contribution < 1.29 is 19.7 Å². The number of pyridine rings is 1. The number of benzene rings is 1. The Kier molecular flexibility index (Phi) is 8.94. The molecule has 2 N–H and O–H groups in total. The number of piperidine rings is 1. The topological polar surface area (TPSA) is 82.9 Å². The molecule has 3 heterocycles. The number of fused-ring (bicyclic) bond motifs is 1. The van der Waals surface area contributed by atoms with Crippen LogP contribution in [0.15, 0.2) is 46.1 Å². The molecule has 2 aromatic heterocycles. The zero-order valence-electron chi connectivity index (χ0n) is 19.9. The lowest BCUT2D eigenvalue weighted by Crippen LogP contribution is -2.51. The van der Waals surface area contributed by atoms with E-state index in [0.29, 0.717) is 29.2 Å². The zero-order chi connectivity index (χ0) is 24.9. The minimum Gasteiger partial charge on any atom is -0.497 e. The van der Waals surface area contributed by atoms with Crippen molar-refractivity contribution in [3.8, 4) is 5.75 Å². The van der Waals surface area contributed by atoms with Crippen LogP contribution in [0, 0.1) is 11.8 Å². The first-order chi connectivity index (χ1) is 16.9. The summed E-state index contributed by atoms with van der Waals surface area (Å²) in [6, 6.07) is 9.61. The van der Waals surface area contributed by atoms with Gasteiger partial charge >= 0.3 is 5.97 Å². The van der Waals surface area contributed by atoms with Crippen molar-refractivity contribution in [3.05, 3.63) is 52.5 Å². The summed E-state index contributed by atoms with van der Waals surface area (Å²) in [4.78, 5) is 18.9. The predicted molar refractivity (Wildman–Crippen MR) is 143 cm³/mol.